The van der Waals surface area contributed by atoms with Crippen molar-refractivity contribution in [2.45, 2.75) is 77.7 Å². The van der Waals surface area contributed by atoms with Gasteiger partial charge in [0, 0.05) is 6.54 Å². The molecule has 0 aromatic rings. The second-order valence-electron chi connectivity index (χ2n) is 7.71. The van der Waals surface area contributed by atoms with Crippen LogP contribution in [0.5, 0.6) is 0 Å². The smallest absolute Gasteiger partial charge is 0.407 e. The molecule has 25 heavy (non-hydrogen) atoms. The van der Waals surface area contributed by atoms with Crippen LogP contribution >= 0.6 is 0 Å². The predicted molar refractivity (Wildman–Crippen MR) is 92.8 cm³/mol. The molecule has 1 rings (SSSR count). The zero-order valence-corrected chi connectivity index (χ0v) is 15.7. The minimum Gasteiger partial charge on any atom is -0.444 e. The van der Waals surface area contributed by atoms with E-state index in [-0.39, 0.29) is 11.8 Å². The molecule has 8 nitrogen and oxygen atoms in total. The van der Waals surface area contributed by atoms with Crippen molar-refractivity contribution in [3.8, 4) is 0 Å². The Morgan fingerprint density at radius 3 is 2.48 bits per heavy atom. The zero-order chi connectivity index (χ0) is 19.2. The number of aliphatic hydroxyl groups is 1. The largest absolute Gasteiger partial charge is 0.444 e. The number of aliphatic hydroxyl groups excluding tert-OH is 1. The standard InChI is InChI=1S/C17H31N3O5/c1-10(2)12(20-16(24)25-17(3,4)5)13(21)15(23)19-11-8-6-7-9-18-14(11)22/h10-13,21H,6-9H2,1-5H3,(H,18,22)(H,19,23)(H,20,24)/t11-,12?,13?/m0/s1. The van der Waals surface area contributed by atoms with Crippen molar-refractivity contribution in [3.05, 3.63) is 0 Å². The Kier molecular flexibility index (Phi) is 7.66. The summed E-state index contributed by atoms with van der Waals surface area (Å²) in [6.45, 7) is 9.32. The average Bonchev–Trinajstić information content (AvgIpc) is 2.67. The third kappa shape index (κ3) is 7.29. The highest BCUT2D eigenvalue weighted by molar-refractivity contribution is 5.90. The molecule has 0 aliphatic carbocycles. The van der Waals surface area contributed by atoms with Gasteiger partial charge in [0.1, 0.15) is 11.6 Å². The van der Waals surface area contributed by atoms with Crippen LogP contribution in [0, 0.1) is 5.92 Å². The summed E-state index contributed by atoms with van der Waals surface area (Å²) in [6, 6.07) is -1.50. The van der Waals surface area contributed by atoms with E-state index >= 15 is 0 Å². The maximum Gasteiger partial charge on any atom is 0.407 e. The third-order valence-corrected chi connectivity index (χ3v) is 3.86. The molecule has 0 radical (unpaired) electrons. The Labute approximate surface area is 149 Å². The summed E-state index contributed by atoms with van der Waals surface area (Å²) < 4.78 is 5.17. The van der Waals surface area contributed by atoms with Gasteiger partial charge < -0.3 is 25.8 Å². The summed E-state index contributed by atoms with van der Waals surface area (Å²) in [5.41, 5.74) is -0.683. The molecule has 1 heterocycles. The van der Waals surface area contributed by atoms with Crippen LogP contribution in [0.25, 0.3) is 0 Å². The van der Waals surface area contributed by atoms with Gasteiger partial charge in [-0.3, -0.25) is 9.59 Å². The molecule has 2 unspecified atom stereocenters. The molecule has 8 heteroatoms. The van der Waals surface area contributed by atoms with Gasteiger partial charge in [-0.25, -0.2) is 4.79 Å². The highest BCUT2D eigenvalue weighted by Crippen LogP contribution is 2.12. The first-order valence-corrected chi connectivity index (χ1v) is 8.77. The van der Waals surface area contributed by atoms with Gasteiger partial charge in [0.15, 0.2) is 6.10 Å². The Balaban J connectivity index is 2.70. The van der Waals surface area contributed by atoms with Crippen LogP contribution in [0.4, 0.5) is 4.79 Å². The summed E-state index contributed by atoms with van der Waals surface area (Å²) in [7, 11) is 0. The Bertz CT molecular complexity index is 487. The zero-order valence-electron chi connectivity index (χ0n) is 15.7. The van der Waals surface area contributed by atoms with Crippen LogP contribution in [0.15, 0.2) is 0 Å². The summed E-state index contributed by atoms with van der Waals surface area (Å²) in [4.78, 5) is 36.2. The highest BCUT2D eigenvalue weighted by atomic mass is 16.6. The summed E-state index contributed by atoms with van der Waals surface area (Å²) in [5, 5.41) is 18.2. The molecule has 0 aromatic carbocycles. The lowest BCUT2D eigenvalue weighted by Crippen LogP contribution is -2.56. The lowest BCUT2D eigenvalue weighted by atomic mass is 9.97. The van der Waals surface area contributed by atoms with Crippen molar-refractivity contribution >= 4 is 17.9 Å². The molecule has 1 saturated heterocycles. The Morgan fingerprint density at radius 2 is 1.92 bits per heavy atom. The van der Waals surface area contributed by atoms with Crippen molar-refractivity contribution in [2.24, 2.45) is 5.92 Å². The molecule has 1 fully saturated rings. The van der Waals surface area contributed by atoms with Gasteiger partial charge in [0.25, 0.3) is 5.91 Å². The molecule has 3 atom stereocenters. The van der Waals surface area contributed by atoms with Crippen molar-refractivity contribution in [2.75, 3.05) is 6.54 Å². The first kappa shape index (κ1) is 21.2. The first-order chi connectivity index (χ1) is 11.5. The number of rotatable bonds is 5. The van der Waals surface area contributed by atoms with Crippen LogP contribution in [0.1, 0.15) is 53.9 Å². The van der Waals surface area contributed by atoms with Crippen LogP contribution in [0.3, 0.4) is 0 Å². The summed E-state index contributed by atoms with van der Waals surface area (Å²) in [6.07, 6.45) is 0.00338. The monoisotopic (exact) mass is 357 g/mol. The van der Waals surface area contributed by atoms with E-state index in [1.807, 2.05) is 0 Å². The number of ether oxygens (including phenoxy) is 1. The van der Waals surface area contributed by atoms with Gasteiger partial charge in [0.2, 0.25) is 5.91 Å². The lowest BCUT2D eigenvalue weighted by molar-refractivity contribution is -0.135. The fourth-order valence-electron chi connectivity index (χ4n) is 2.55. The van der Waals surface area contributed by atoms with E-state index in [4.69, 9.17) is 4.74 Å². The molecule has 144 valence electrons. The van der Waals surface area contributed by atoms with E-state index in [1.54, 1.807) is 34.6 Å². The number of hydrogen-bond acceptors (Lipinski definition) is 5. The summed E-state index contributed by atoms with van der Waals surface area (Å²) >= 11 is 0. The Morgan fingerprint density at radius 1 is 1.28 bits per heavy atom. The maximum atomic E-state index is 12.3. The van der Waals surface area contributed by atoms with Gasteiger partial charge in [-0.2, -0.15) is 0 Å². The van der Waals surface area contributed by atoms with Gasteiger partial charge in [-0.05, 0) is 46.0 Å². The lowest BCUT2D eigenvalue weighted by Gasteiger charge is -2.29. The van der Waals surface area contributed by atoms with Crippen LogP contribution < -0.4 is 16.0 Å². The van der Waals surface area contributed by atoms with E-state index < -0.39 is 35.8 Å². The summed E-state index contributed by atoms with van der Waals surface area (Å²) in [5.74, 6) is -1.15. The fraction of sp³-hybridized carbons (Fsp3) is 0.824. The second-order valence-corrected chi connectivity index (χ2v) is 7.71. The molecule has 0 saturated carbocycles. The second kappa shape index (κ2) is 9.03. The molecule has 1 aliphatic heterocycles. The number of carbonyl (C=O) groups is 3. The normalized spacial score (nSPS) is 20.9. The van der Waals surface area contributed by atoms with Crippen molar-refractivity contribution < 1.29 is 24.2 Å². The van der Waals surface area contributed by atoms with Gasteiger partial charge in [-0.1, -0.05) is 13.8 Å². The van der Waals surface area contributed by atoms with Crippen LogP contribution in [0.2, 0.25) is 0 Å². The minimum atomic E-state index is -1.48. The molecule has 0 bridgehead atoms. The molecular formula is C17H31N3O5. The molecule has 4 N–H and O–H groups in total. The van der Waals surface area contributed by atoms with Gasteiger partial charge >= 0.3 is 6.09 Å². The number of nitrogens with one attached hydrogen (secondary N) is 3. The van der Waals surface area contributed by atoms with E-state index in [0.29, 0.717) is 13.0 Å². The topological polar surface area (TPSA) is 117 Å². The van der Waals surface area contributed by atoms with Crippen molar-refractivity contribution in [1.29, 1.82) is 0 Å². The molecule has 3 amide bonds. The van der Waals surface area contributed by atoms with Gasteiger partial charge in [0.05, 0.1) is 6.04 Å². The maximum absolute atomic E-state index is 12.3. The molecule has 1 aliphatic rings. The Hall–Kier alpha value is -1.83. The highest BCUT2D eigenvalue weighted by Gasteiger charge is 2.33. The molecule has 0 spiro atoms. The van der Waals surface area contributed by atoms with E-state index in [0.717, 1.165) is 12.8 Å². The van der Waals surface area contributed by atoms with E-state index in [2.05, 4.69) is 16.0 Å². The first-order valence-electron chi connectivity index (χ1n) is 8.77. The van der Waals surface area contributed by atoms with Crippen LogP contribution in [-0.4, -0.2) is 53.3 Å². The van der Waals surface area contributed by atoms with E-state index in [9.17, 15) is 19.5 Å². The van der Waals surface area contributed by atoms with Gasteiger partial charge in [-0.15, -0.1) is 0 Å². The predicted octanol–water partition coefficient (Wildman–Crippen LogP) is 0.682. The van der Waals surface area contributed by atoms with Crippen molar-refractivity contribution in [3.63, 3.8) is 0 Å². The van der Waals surface area contributed by atoms with E-state index in [1.165, 1.54) is 0 Å². The number of alkyl carbamates (subject to hydrolysis) is 1. The van der Waals surface area contributed by atoms with Crippen LogP contribution in [-0.2, 0) is 14.3 Å². The number of hydrogen-bond donors (Lipinski definition) is 4. The third-order valence-electron chi connectivity index (χ3n) is 3.86. The quantitative estimate of drug-likeness (QED) is 0.577. The number of carbonyl (C=O) groups excluding carboxylic acids is 3. The number of amides is 3. The van der Waals surface area contributed by atoms with Crippen molar-refractivity contribution in [1.82, 2.24) is 16.0 Å². The fourth-order valence-corrected chi connectivity index (χ4v) is 2.55. The molecular weight excluding hydrogens is 326 g/mol. The minimum absolute atomic E-state index is 0.212. The molecule has 0 aromatic heterocycles. The SMILES string of the molecule is CC(C)C(NC(=O)OC(C)(C)C)C(O)C(=O)N[C@H]1CCCCNC1=O. The average molecular weight is 357 g/mol.